The zero-order valence-corrected chi connectivity index (χ0v) is 13.5. The fourth-order valence-electron chi connectivity index (χ4n) is 2.74. The van der Waals surface area contributed by atoms with Gasteiger partial charge in [-0.2, -0.15) is 0 Å². The number of hydrogen-bond donors (Lipinski definition) is 1. The first-order valence-electron chi connectivity index (χ1n) is 7.53. The maximum Gasteiger partial charge on any atom is 0.115 e. The van der Waals surface area contributed by atoms with Gasteiger partial charge < -0.3 is 5.11 Å². The molecular weight excluding hydrogens is 232 g/mol. The van der Waals surface area contributed by atoms with E-state index in [0.717, 1.165) is 0 Å². The summed E-state index contributed by atoms with van der Waals surface area (Å²) in [5.41, 5.74) is 1.62. The molecular formula is C18H30O. The molecule has 0 saturated carbocycles. The van der Waals surface area contributed by atoms with Gasteiger partial charge >= 0.3 is 0 Å². The molecule has 1 aromatic carbocycles. The Labute approximate surface area is 119 Å². The van der Waals surface area contributed by atoms with E-state index in [1.54, 1.807) is 12.1 Å². The van der Waals surface area contributed by atoms with Crippen LogP contribution in [0.15, 0.2) is 24.3 Å². The first-order valence-corrected chi connectivity index (χ1v) is 7.53. The third-order valence-corrected chi connectivity index (χ3v) is 5.42. The number of phenolic OH excluding ortho intramolecular Hbond substituents is 1. The SMILES string of the molecule is CCCCC(C)C(C)(C)C(C)(C)c1ccc(O)cc1. The number of hydrogen-bond acceptors (Lipinski definition) is 1. The number of unbranched alkanes of at least 4 members (excludes halogenated alkanes) is 1. The van der Waals surface area contributed by atoms with Gasteiger partial charge in [0.15, 0.2) is 0 Å². The molecule has 1 atom stereocenters. The second-order valence-electron chi connectivity index (χ2n) is 6.94. The van der Waals surface area contributed by atoms with Crippen LogP contribution in [0.5, 0.6) is 5.75 Å². The Balaban J connectivity index is 2.99. The minimum Gasteiger partial charge on any atom is -0.508 e. The van der Waals surface area contributed by atoms with Crippen LogP contribution < -0.4 is 0 Å². The van der Waals surface area contributed by atoms with E-state index >= 15 is 0 Å². The van der Waals surface area contributed by atoms with Crippen LogP contribution in [0.3, 0.4) is 0 Å². The molecule has 0 bridgehead atoms. The van der Waals surface area contributed by atoms with Gasteiger partial charge in [0.2, 0.25) is 0 Å². The second kappa shape index (κ2) is 5.98. The Bertz CT molecular complexity index is 387. The van der Waals surface area contributed by atoms with Gasteiger partial charge in [0, 0.05) is 0 Å². The molecule has 1 rings (SSSR count). The molecule has 0 fully saturated rings. The molecule has 1 N–H and O–H groups in total. The Kier molecular flexibility index (Phi) is 5.06. The average Bonchev–Trinajstić information content (AvgIpc) is 2.36. The fourth-order valence-corrected chi connectivity index (χ4v) is 2.74. The summed E-state index contributed by atoms with van der Waals surface area (Å²) >= 11 is 0. The van der Waals surface area contributed by atoms with Gasteiger partial charge in [-0.05, 0) is 34.4 Å². The zero-order valence-electron chi connectivity index (χ0n) is 13.5. The standard InChI is InChI=1S/C18H30O/c1-7-8-9-14(2)17(3,4)18(5,6)15-10-12-16(19)13-11-15/h10-14,19H,7-9H2,1-6H3. The van der Waals surface area contributed by atoms with Crippen molar-refractivity contribution in [1.82, 2.24) is 0 Å². The molecule has 0 aromatic heterocycles. The molecule has 1 aromatic rings. The molecule has 19 heavy (non-hydrogen) atoms. The molecule has 108 valence electrons. The van der Waals surface area contributed by atoms with Crippen molar-refractivity contribution in [3.8, 4) is 5.75 Å². The quantitative estimate of drug-likeness (QED) is 0.715. The third-order valence-electron chi connectivity index (χ3n) is 5.42. The highest BCUT2D eigenvalue weighted by atomic mass is 16.3. The highest BCUT2D eigenvalue weighted by Gasteiger charge is 2.41. The lowest BCUT2D eigenvalue weighted by Crippen LogP contribution is -2.41. The van der Waals surface area contributed by atoms with Crippen molar-refractivity contribution in [2.45, 2.75) is 66.2 Å². The molecule has 0 aliphatic rings. The highest BCUT2D eigenvalue weighted by molar-refractivity contribution is 5.32. The van der Waals surface area contributed by atoms with Gasteiger partial charge in [-0.3, -0.25) is 0 Å². The topological polar surface area (TPSA) is 20.2 Å². The van der Waals surface area contributed by atoms with Crippen molar-refractivity contribution >= 4 is 0 Å². The molecule has 0 aliphatic carbocycles. The van der Waals surface area contributed by atoms with Gasteiger partial charge in [-0.1, -0.05) is 72.9 Å². The van der Waals surface area contributed by atoms with Gasteiger partial charge in [0.1, 0.15) is 5.75 Å². The Hall–Kier alpha value is -0.980. The smallest absolute Gasteiger partial charge is 0.115 e. The predicted octanol–water partition coefficient (Wildman–Crippen LogP) is 5.52. The van der Waals surface area contributed by atoms with E-state index in [2.05, 4.69) is 53.7 Å². The van der Waals surface area contributed by atoms with Crippen molar-refractivity contribution in [3.63, 3.8) is 0 Å². The first-order chi connectivity index (χ1) is 8.73. The summed E-state index contributed by atoms with van der Waals surface area (Å²) in [6.07, 6.45) is 3.85. The van der Waals surface area contributed by atoms with E-state index in [1.165, 1.54) is 24.8 Å². The summed E-state index contributed by atoms with van der Waals surface area (Å²) in [7, 11) is 0. The van der Waals surface area contributed by atoms with Gasteiger partial charge in [-0.25, -0.2) is 0 Å². The molecule has 0 saturated heterocycles. The van der Waals surface area contributed by atoms with Crippen molar-refractivity contribution in [1.29, 1.82) is 0 Å². The van der Waals surface area contributed by atoms with E-state index in [-0.39, 0.29) is 10.8 Å². The largest absolute Gasteiger partial charge is 0.508 e. The first kappa shape index (κ1) is 16.1. The fraction of sp³-hybridized carbons (Fsp3) is 0.667. The molecule has 1 unspecified atom stereocenters. The van der Waals surface area contributed by atoms with Crippen LogP contribution >= 0.6 is 0 Å². The normalized spacial score (nSPS) is 14.4. The van der Waals surface area contributed by atoms with Crippen molar-refractivity contribution in [2.24, 2.45) is 11.3 Å². The van der Waals surface area contributed by atoms with Crippen molar-refractivity contribution < 1.29 is 5.11 Å². The zero-order chi connectivity index (χ0) is 14.7. The van der Waals surface area contributed by atoms with Crippen molar-refractivity contribution in [3.05, 3.63) is 29.8 Å². The highest BCUT2D eigenvalue weighted by Crippen LogP contribution is 2.48. The summed E-state index contributed by atoms with van der Waals surface area (Å²) < 4.78 is 0. The summed E-state index contributed by atoms with van der Waals surface area (Å²) in [6.45, 7) is 14.0. The minimum absolute atomic E-state index is 0.0911. The van der Waals surface area contributed by atoms with Crippen LogP contribution in [-0.2, 0) is 5.41 Å². The Morgan fingerprint density at radius 2 is 1.58 bits per heavy atom. The van der Waals surface area contributed by atoms with E-state index in [4.69, 9.17) is 0 Å². The second-order valence-corrected chi connectivity index (χ2v) is 6.94. The summed E-state index contributed by atoms with van der Waals surface area (Å²) in [5.74, 6) is 1.02. The summed E-state index contributed by atoms with van der Waals surface area (Å²) in [5, 5.41) is 9.45. The van der Waals surface area contributed by atoms with E-state index in [1.807, 2.05) is 0 Å². The molecule has 1 nitrogen and oxygen atoms in total. The van der Waals surface area contributed by atoms with Crippen LogP contribution in [-0.4, -0.2) is 5.11 Å². The van der Waals surface area contributed by atoms with Gasteiger partial charge in [0.25, 0.3) is 0 Å². The minimum atomic E-state index is 0.0911. The molecule has 0 radical (unpaired) electrons. The Morgan fingerprint density at radius 1 is 1.05 bits per heavy atom. The molecule has 1 heteroatoms. The lowest BCUT2D eigenvalue weighted by molar-refractivity contribution is 0.106. The maximum absolute atomic E-state index is 9.45. The summed E-state index contributed by atoms with van der Waals surface area (Å²) in [6, 6.07) is 7.71. The van der Waals surface area contributed by atoms with E-state index in [9.17, 15) is 5.11 Å². The van der Waals surface area contributed by atoms with E-state index in [0.29, 0.717) is 11.7 Å². The lowest BCUT2D eigenvalue weighted by Gasteiger charge is -2.46. The number of aromatic hydroxyl groups is 1. The number of phenols is 1. The molecule has 0 spiro atoms. The molecule has 0 heterocycles. The average molecular weight is 262 g/mol. The number of rotatable bonds is 6. The van der Waals surface area contributed by atoms with Gasteiger partial charge in [-0.15, -0.1) is 0 Å². The van der Waals surface area contributed by atoms with Crippen LogP contribution in [0.1, 0.15) is 66.4 Å². The predicted molar refractivity (Wildman–Crippen MR) is 83.6 cm³/mol. The van der Waals surface area contributed by atoms with Crippen LogP contribution in [0.4, 0.5) is 0 Å². The maximum atomic E-state index is 9.45. The molecule has 0 aliphatic heterocycles. The molecule has 0 amide bonds. The lowest BCUT2D eigenvalue weighted by atomic mass is 9.58. The third kappa shape index (κ3) is 3.32. The Morgan fingerprint density at radius 3 is 2.05 bits per heavy atom. The van der Waals surface area contributed by atoms with Crippen LogP contribution in [0.2, 0.25) is 0 Å². The van der Waals surface area contributed by atoms with Crippen LogP contribution in [0.25, 0.3) is 0 Å². The van der Waals surface area contributed by atoms with Gasteiger partial charge in [0.05, 0.1) is 0 Å². The van der Waals surface area contributed by atoms with Crippen LogP contribution in [0, 0.1) is 11.3 Å². The monoisotopic (exact) mass is 262 g/mol. The van der Waals surface area contributed by atoms with E-state index < -0.39 is 0 Å². The van der Waals surface area contributed by atoms with Crippen molar-refractivity contribution in [2.75, 3.05) is 0 Å². The summed E-state index contributed by atoms with van der Waals surface area (Å²) in [4.78, 5) is 0. The number of benzene rings is 1.